The molecule has 5 heteroatoms. The summed E-state index contributed by atoms with van der Waals surface area (Å²) in [5, 5.41) is -0.375. The predicted molar refractivity (Wildman–Crippen MR) is 51.5 cm³/mol. The second-order valence-corrected chi connectivity index (χ2v) is 5.98. The molecule has 0 aromatic rings. The number of nitrogens with zero attached hydrogens (tertiary/aromatic N) is 1. The highest BCUT2D eigenvalue weighted by Crippen LogP contribution is 2.14. The van der Waals surface area contributed by atoms with Crippen LogP contribution in [0.1, 0.15) is 33.1 Å². The van der Waals surface area contributed by atoms with Crippen LogP contribution in [0.4, 0.5) is 0 Å². The maximum atomic E-state index is 11.3. The SMILES string of the molecule is CCCCC(C)S(=O)(=O)N(C)Cl. The van der Waals surface area contributed by atoms with Gasteiger partial charge in [-0.05, 0) is 25.1 Å². The van der Waals surface area contributed by atoms with E-state index in [0.29, 0.717) is 6.42 Å². The lowest BCUT2D eigenvalue weighted by atomic mass is 10.2. The summed E-state index contributed by atoms with van der Waals surface area (Å²) in [6, 6.07) is 0. The van der Waals surface area contributed by atoms with Crippen molar-refractivity contribution in [3.63, 3.8) is 0 Å². The fraction of sp³-hybridized carbons (Fsp3) is 1.00. The first-order chi connectivity index (χ1) is 5.42. The Morgan fingerprint density at radius 1 is 1.50 bits per heavy atom. The van der Waals surface area contributed by atoms with Gasteiger partial charge in [0.2, 0.25) is 10.0 Å². The third kappa shape index (κ3) is 3.29. The summed E-state index contributed by atoms with van der Waals surface area (Å²) in [6.07, 6.45) is 2.60. The molecule has 1 unspecified atom stereocenters. The van der Waals surface area contributed by atoms with E-state index in [1.165, 1.54) is 7.05 Å². The maximum absolute atomic E-state index is 11.3. The summed E-state index contributed by atoms with van der Waals surface area (Å²) in [7, 11) is -1.90. The summed E-state index contributed by atoms with van der Waals surface area (Å²) >= 11 is 5.39. The molecule has 0 rings (SSSR count). The van der Waals surface area contributed by atoms with Gasteiger partial charge in [-0.25, -0.2) is 8.42 Å². The van der Waals surface area contributed by atoms with Crippen molar-refractivity contribution in [2.75, 3.05) is 7.05 Å². The van der Waals surface area contributed by atoms with Gasteiger partial charge in [-0.15, -0.1) is 3.82 Å². The molecule has 1 atom stereocenters. The quantitative estimate of drug-likeness (QED) is 0.655. The van der Waals surface area contributed by atoms with Crippen molar-refractivity contribution in [3.8, 4) is 0 Å². The fourth-order valence-electron chi connectivity index (χ4n) is 0.888. The Balaban J connectivity index is 4.17. The van der Waals surface area contributed by atoms with Crippen LogP contribution in [0.2, 0.25) is 0 Å². The molecule has 0 aliphatic rings. The van der Waals surface area contributed by atoms with Gasteiger partial charge < -0.3 is 0 Å². The first-order valence-electron chi connectivity index (χ1n) is 4.06. The van der Waals surface area contributed by atoms with Crippen LogP contribution in [0.15, 0.2) is 0 Å². The summed E-state index contributed by atoms with van der Waals surface area (Å²) in [4.78, 5) is 0. The lowest BCUT2D eigenvalue weighted by Gasteiger charge is -2.15. The zero-order chi connectivity index (χ0) is 9.78. The Morgan fingerprint density at radius 3 is 2.33 bits per heavy atom. The lowest BCUT2D eigenvalue weighted by Crippen LogP contribution is -2.28. The molecule has 0 aromatic heterocycles. The molecule has 0 bridgehead atoms. The van der Waals surface area contributed by atoms with Crippen LogP contribution in [0.25, 0.3) is 0 Å². The zero-order valence-electron chi connectivity index (χ0n) is 7.75. The van der Waals surface area contributed by atoms with E-state index in [1.807, 2.05) is 6.92 Å². The largest absolute Gasteiger partial charge is 0.229 e. The van der Waals surface area contributed by atoms with Crippen LogP contribution < -0.4 is 0 Å². The number of rotatable bonds is 5. The Kier molecular flexibility index (Phi) is 5.13. The second kappa shape index (κ2) is 5.04. The first kappa shape index (κ1) is 12.2. The Morgan fingerprint density at radius 2 is 2.00 bits per heavy atom. The number of halogens is 1. The molecule has 0 N–H and O–H groups in total. The van der Waals surface area contributed by atoms with E-state index >= 15 is 0 Å². The normalized spacial score (nSPS) is 15.1. The third-order valence-electron chi connectivity index (χ3n) is 1.82. The predicted octanol–water partition coefficient (Wildman–Crippen LogP) is 1.98. The highest BCUT2D eigenvalue weighted by Gasteiger charge is 2.23. The minimum Gasteiger partial charge on any atom is -0.211 e. The van der Waals surface area contributed by atoms with E-state index in [1.54, 1.807) is 6.92 Å². The zero-order valence-corrected chi connectivity index (χ0v) is 9.32. The molecular formula is C7H16ClNO2S. The molecule has 74 valence electrons. The van der Waals surface area contributed by atoms with Gasteiger partial charge in [0.05, 0.1) is 5.25 Å². The first-order valence-corrected chi connectivity index (χ1v) is 5.90. The minimum absolute atomic E-state index is 0.375. The van der Waals surface area contributed by atoms with Crippen molar-refractivity contribution >= 4 is 21.8 Å². The maximum Gasteiger partial charge on any atom is 0.229 e. The van der Waals surface area contributed by atoms with E-state index in [-0.39, 0.29) is 5.25 Å². The summed E-state index contributed by atoms with van der Waals surface area (Å²) in [6.45, 7) is 3.72. The average molecular weight is 214 g/mol. The van der Waals surface area contributed by atoms with Gasteiger partial charge in [-0.1, -0.05) is 19.8 Å². The molecule has 0 saturated carbocycles. The van der Waals surface area contributed by atoms with Crippen LogP contribution in [0, 0.1) is 0 Å². The van der Waals surface area contributed by atoms with Crippen LogP contribution >= 0.6 is 11.8 Å². The van der Waals surface area contributed by atoms with E-state index in [4.69, 9.17) is 11.8 Å². The van der Waals surface area contributed by atoms with Gasteiger partial charge in [0, 0.05) is 7.05 Å². The summed E-state index contributed by atoms with van der Waals surface area (Å²) < 4.78 is 23.4. The van der Waals surface area contributed by atoms with Crippen LogP contribution in [-0.4, -0.2) is 24.5 Å². The van der Waals surface area contributed by atoms with Gasteiger partial charge in [0.15, 0.2) is 0 Å². The number of unbranched alkanes of at least 4 members (excludes halogenated alkanes) is 1. The number of hydrogen-bond acceptors (Lipinski definition) is 2. The standard InChI is InChI=1S/C7H16ClNO2S/c1-4-5-6-7(2)12(10,11)9(3)8/h7H,4-6H2,1-3H3. The molecule has 0 spiro atoms. The number of sulfonamides is 1. The summed E-state index contributed by atoms with van der Waals surface area (Å²) in [5.41, 5.74) is 0. The van der Waals surface area contributed by atoms with Gasteiger partial charge in [0.1, 0.15) is 0 Å². The molecular weight excluding hydrogens is 198 g/mol. The van der Waals surface area contributed by atoms with Crippen molar-refractivity contribution in [2.24, 2.45) is 0 Å². The molecule has 12 heavy (non-hydrogen) atoms. The molecule has 0 aliphatic heterocycles. The Labute approximate surface area is 79.9 Å². The van der Waals surface area contributed by atoms with Crippen molar-refractivity contribution < 1.29 is 8.42 Å². The van der Waals surface area contributed by atoms with Crippen molar-refractivity contribution in [3.05, 3.63) is 0 Å². The molecule has 0 heterocycles. The second-order valence-electron chi connectivity index (χ2n) is 2.89. The Bertz CT molecular complexity index is 213. The van der Waals surface area contributed by atoms with E-state index in [2.05, 4.69) is 0 Å². The minimum atomic E-state index is -3.25. The number of hydrogen-bond donors (Lipinski definition) is 0. The van der Waals surface area contributed by atoms with E-state index in [9.17, 15) is 8.42 Å². The van der Waals surface area contributed by atoms with E-state index in [0.717, 1.165) is 16.7 Å². The van der Waals surface area contributed by atoms with Gasteiger partial charge >= 0.3 is 0 Å². The van der Waals surface area contributed by atoms with Crippen LogP contribution in [0.5, 0.6) is 0 Å². The molecule has 0 aromatic carbocycles. The molecule has 3 nitrogen and oxygen atoms in total. The molecule has 0 fully saturated rings. The smallest absolute Gasteiger partial charge is 0.211 e. The van der Waals surface area contributed by atoms with Crippen molar-refractivity contribution in [2.45, 2.75) is 38.4 Å². The average Bonchev–Trinajstić information content (AvgIpc) is 1.99. The highest BCUT2D eigenvalue weighted by molar-refractivity contribution is 7.90. The molecule has 0 radical (unpaired) electrons. The highest BCUT2D eigenvalue weighted by atomic mass is 35.5. The van der Waals surface area contributed by atoms with Crippen LogP contribution in [0.3, 0.4) is 0 Å². The third-order valence-corrected chi connectivity index (χ3v) is 4.35. The van der Waals surface area contributed by atoms with Gasteiger partial charge in [0.25, 0.3) is 0 Å². The van der Waals surface area contributed by atoms with Crippen molar-refractivity contribution in [1.82, 2.24) is 3.82 Å². The lowest BCUT2D eigenvalue weighted by molar-refractivity contribution is 0.537. The Hall–Kier alpha value is 0.200. The molecule has 0 aliphatic carbocycles. The van der Waals surface area contributed by atoms with Crippen molar-refractivity contribution in [1.29, 1.82) is 0 Å². The van der Waals surface area contributed by atoms with Crippen LogP contribution in [-0.2, 0) is 10.0 Å². The molecule has 0 saturated heterocycles. The monoisotopic (exact) mass is 213 g/mol. The molecule has 0 amide bonds. The topological polar surface area (TPSA) is 37.4 Å². The summed E-state index contributed by atoms with van der Waals surface area (Å²) in [5.74, 6) is 0. The van der Waals surface area contributed by atoms with Gasteiger partial charge in [-0.3, -0.25) is 0 Å². The van der Waals surface area contributed by atoms with Gasteiger partial charge in [-0.2, -0.15) is 0 Å². The fourth-order valence-corrected chi connectivity index (χ4v) is 2.26. The van der Waals surface area contributed by atoms with E-state index < -0.39 is 10.0 Å².